The highest BCUT2D eigenvalue weighted by Crippen LogP contribution is 2.20. The SMILES string of the molecule is CCCCCCCCCC/C=C/O[C@@H]1CO[C@H]([C@@H](O)CO)[C@@H]1O. The van der Waals surface area contributed by atoms with Gasteiger partial charge in [0.25, 0.3) is 0 Å². The molecule has 1 aliphatic heterocycles. The highest BCUT2D eigenvalue weighted by molar-refractivity contribution is 4.90. The van der Waals surface area contributed by atoms with Crippen molar-refractivity contribution in [3.05, 3.63) is 12.3 Å². The molecule has 1 aliphatic rings. The fourth-order valence-electron chi connectivity index (χ4n) is 2.80. The van der Waals surface area contributed by atoms with E-state index in [4.69, 9.17) is 14.6 Å². The minimum absolute atomic E-state index is 0.227. The summed E-state index contributed by atoms with van der Waals surface area (Å²) in [7, 11) is 0. The van der Waals surface area contributed by atoms with Crippen LogP contribution in [0.2, 0.25) is 0 Å². The van der Waals surface area contributed by atoms with E-state index in [9.17, 15) is 10.2 Å². The van der Waals surface area contributed by atoms with E-state index in [0.717, 1.165) is 12.8 Å². The van der Waals surface area contributed by atoms with E-state index in [1.165, 1.54) is 44.9 Å². The Morgan fingerprint density at radius 1 is 1.13 bits per heavy atom. The van der Waals surface area contributed by atoms with E-state index in [0.29, 0.717) is 0 Å². The van der Waals surface area contributed by atoms with Crippen molar-refractivity contribution >= 4 is 0 Å². The van der Waals surface area contributed by atoms with Crippen molar-refractivity contribution in [3.63, 3.8) is 0 Å². The maximum absolute atomic E-state index is 9.96. The van der Waals surface area contributed by atoms with Crippen molar-refractivity contribution in [3.8, 4) is 0 Å². The van der Waals surface area contributed by atoms with Crippen LogP contribution in [0.25, 0.3) is 0 Å². The Kier molecular flexibility index (Phi) is 11.3. The van der Waals surface area contributed by atoms with Crippen molar-refractivity contribution in [1.29, 1.82) is 0 Å². The van der Waals surface area contributed by atoms with E-state index >= 15 is 0 Å². The summed E-state index contributed by atoms with van der Waals surface area (Å²) in [6.45, 7) is 2.04. The molecule has 1 rings (SSSR count). The van der Waals surface area contributed by atoms with Crippen LogP contribution in [0.4, 0.5) is 0 Å². The first-order valence-corrected chi connectivity index (χ1v) is 9.09. The molecule has 136 valence electrons. The zero-order valence-corrected chi connectivity index (χ0v) is 14.4. The Hall–Kier alpha value is -0.620. The molecule has 1 fully saturated rings. The molecule has 1 heterocycles. The molecule has 0 aromatic carbocycles. The first-order valence-electron chi connectivity index (χ1n) is 9.09. The Balaban J connectivity index is 2.00. The Bertz CT molecular complexity index is 308. The summed E-state index contributed by atoms with van der Waals surface area (Å²) < 4.78 is 10.7. The van der Waals surface area contributed by atoms with Crippen molar-refractivity contribution < 1.29 is 24.8 Å². The van der Waals surface area contributed by atoms with E-state index in [1.54, 1.807) is 6.26 Å². The minimum Gasteiger partial charge on any atom is -0.493 e. The number of hydrogen-bond acceptors (Lipinski definition) is 5. The topological polar surface area (TPSA) is 79.2 Å². The number of aliphatic hydroxyl groups excluding tert-OH is 3. The maximum atomic E-state index is 9.96. The van der Waals surface area contributed by atoms with E-state index in [1.807, 2.05) is 6.08 Å². The normalized spacial score (nSPS) is 26.0. The molecule has 0 aliphatic carbocycles. The second-order valence-corrected chi connectivity index (χ2v) is 6.35. The largest absolute Gasteiger partial charge is 0.493 e. The zero-order chi connectivity index (χ0) is 16.9. The van der Waals surface area contributed by atoms with Gasteiger partial charge in [-0.2, -0.15) is 0 Å². The summed E-state index contributed by atoms with van der Waals surface area (Å²) in [5, 5.41) is 28.3. The van der Waals surface area contributed by atoms with Crippen LogP contribution in [-0.4, -0.2) is 52.9 Å². The second-order valence-electron chi connectivity index (χ2n) is 6.35. The number of hydrogen-bond donors (Lipinski definition) is 3. The monoisotopic (exact) mass is 330 g/mol. The van der Waals surface area contributed by atoms with Crippen LogP contribution in [0, 0.1) is 0 Å². The Morgan fingerprint density at radius 2 is 1.78 bits per heavy atom. The summed E-state index contributed by atoms with van der Waals surface area (Å²) in [6, 6.07) is 0. The van der Waals surface area contributed by atoms with Crippen LogP contribution in [-0.2, 0) is 9.47 Å². The average Bonchev–Trinajstić information content (AvgIpc) is 2.93. The molecule has 4 atom stereocenters. The molecule has 0 spiro atoms. The van der Waals surface area contributed by atoms with Gasteiger partial charge in [0.2, 0.25) is 0 Å². The summed E-state index contributed by atoms with van der Waals surface area (Å²) in [5.74, 6) is 0. The van der Waals surface area contributed by atoms with Gasteiger partial charge in [0.1, 0.15) is 24.4 Å². The molecule has 3 N–H and O–H groups in total. The molecule has 1 saturated heterocycles. The maximum Gasteiger partial charge on any atom is 0.149 e. The van der Waals surface area contributed by atoms with E-state index in [2.05, 4.69) is 6.92 Å². The lowest BCUT2D eigenvalue weighted by Gasteiger charge is -2.20. The zero-order valence-electron chi connectivity index (χ0n) is 14.4. The number of aliphatic hydroxyl groups is 3. The van der Waals surface area contributed by atoms with Crippen molar-refractivity contribution in [1.82, 2.24) is 0 Å². The van der Waals surface area contributed by atoms with Gasteiger partial charge >= 0.3 is 0 Å². The van der Waals surface area contributed by atoms with Crippen molar-refractivity contribution in [2.45, 2.75) is 89.1 Å². The molecular formula is C18H34O5. The molecule has 0 unspecified atom stereocenters. The third-order valence-electron chi connectivity index (χ3n) is 4.31. The second kappa shape index (κ2) is 12.8. The van der Waals surface area contributed by atoms with Gasteiger partial charge in [-0.05, 0) is 18.9 Å². The van der Waals surface area contributed by atoms with Crippen LogP contribution in [0.3, 0.4) is 0 Å². The number of allylic oxidation sites excluding steroid dienone is 1. The van der Waals surface area contributed by atoms with Gasteiger partial charge in [-0.3, -0.25) is 0 Å². The lowest BCUT2D eigenvalue weighted by molar-refractivity contribution is -0.0689. The van der Waals surface area contributed by atoms with E-state index < -0.39 is 31.0 Å². The summed E-state index contributed by atoms with van der Waals surface area (Å²) in [5.41, 5.74) is 0. The first-order chi connectivity index (χ1) is 11.2. The van der Waals surface area contributed by atoms with Crippen LogP contribution < -0.4 is 0 Å². The molecular weight excluding hydrogens is 296 g/mol. The molecule has 0 aromatic rings. The fourth-order valence-corrected chi connectivity index (χ4v) is 2.80. The van der Waals surface area contributed by atoms with Crippen molar-refractivity contribution in [2.24, 2.45) is 0 Å². The molecule has 0 aromatic heterocycles. The summed E-state index contributed by atoms with van der Waals surface area (Å²) >= 11 is 0. The van der Waals surface area contributed by atoms with E-state index in [-0.39, 0.29) is 6.61 Å². The van der Waals surface area contributed by atoms with Gasteiger partial charge in [0, 0.05) is 0 Å². The van der Waals surface area contributed by atoms with Crippen LogP contribution in [0.1, 0.15) is 64.7 Å². The van der Waals surface area contributed by atoms with Crippen LogP contribution in [0.15, 0.2) is 12.3 Å². The molecule has 5 heteroatoms. The minimum atomic E-state index is -1.07. The highest BCUT2D eigenvalue weighted by Gasteiger charge is 2.40. The van der Waals surface area contributed by atoms with Gasteiger partial charge in [0.05, 0.1) is 19.5 Å². The van der Waals surface area contributed by atoms with Gasteiger partial charge in [-0.1, -0.05) is 51.9 Å². The van der Waals surface area contributed by atoms with Crippen LogP contribution >= 0.6 is 0 Å². The molecule has 0 saturated carbocycles. The predicted octanol–water partition coefficient (Wildman–Crippen LogP) is 2.53. The number of ether oxygens (including phenoxy) is 2. The Labute approximate surface area is 140 Å². The van der Waals surface area contributed by atoms with Gasteiger partial charge < -0.3 is 24.8 Å². The molecule has 0 bridgehead atoms. The first kappa shape index (κ1) is 20.4. The lowest BCUT2D eigenvalue weighted by Crippen LogP contribution is -2.40. The van der Waals surface area contributed by atoms with Gasteiger partial charge in [-0.25, -0.2) is 0 Å². The predicted molar refractivity (Wildman–Crippen MR) is 90.1 cm³/mol. The average molecular weight is 330 g/mol. The van der Waals surface area contributed by atoms with Crippen LogP contribution in [0.5, 0.6) is 0 Å². The smallest absolute Gasteiger partial charge is 0.149 e. The number of unbranched alkanes of at least 4 members (excludes halogenated alkanes) is 8. The molecule has 5 nitrogen and oxygen atoms in total. The molecule has 0 radical (unpaired) electrons. The third-order valence-corrected chi connectivity index (χ3v) is 4.31. The summed E-state index contributed by atoms with van der Waals surface area (Å²) in [6.07, 6.45) is 11.7. The van der Waals surface area contributed by atoms with Gasteiger partial charge in [-0.15, -0.1) is 0 Å². The standard InChI is InChI=1S/C18H34O5/c1-2-3-4-5-6-7-8-9-10-11-12-22-16-14-23-18(17(16)21)15(20)13-19/h11-12,15-21H,2-10,13-14H2,1H3/b12-11+/t15-,16+,17+,18+/m0/s1. The number of rotatable bonds is 13. The molecule has 23 heavy (non-hydrogen) atoms. The van der Waals surface area contributed by atoms with Crippen molar-refractivity contribution in [2.75, 3.05) is 13.2 Å². The lowest BCUT2D eigenvalue weighted by atomic mass is 10.1. The summed E-state index contributed by atoms with van der Waals surface area (Å²) in [4.78, 5) is 0. The highest BCUT2D eigenvalue weighted by atomic mass is 16.6. The van der Waals surface area contributed by atoms with Gasteiger partial charge in [0.15, 0.2) is 0 Å². The Morgan fingerprint density at radius 3 is 2.43 bits per heavy atom. The third kappa shape index (κ3) is 8.15. The molecule has 0 amide bonds. The quantitative estimate of drug-likeness (QED) is 0.357. The fraction of sp³-hybridized carbons (Fsp3) is 0.889.